The summed E-state index contributed by atoms with van der Waals surface area (Å²) in [6.45, 7) is 0. The number of fused-ring (bicyclic) bond motifs is 2. The van der Waals surface area contributed by atoms with Crippen molar-refractivity contribution in [3.8, 4) is 34.1 Å². The van der Waals surface area contributed by atoms with Gasteiger partial charge in [-0.3, -0.25) is 10.2 Å². The average molecular weight is 402 g/mol. The maximum Gasteiger partial charge on any atom is 0.172 e. The van der Waals surface area contributed by atoms with Crippen LogP contribution in [0.4, 0.5) is 11.4 Å². The van der Waals surface area contributed by atoms with E-state index in [1.54, 1.807) is 18.5 Å². The maximum atomic E-state index is 6.36. The number of hydrogen-bond donors (Lipinski definition) is 4. The van der Waals surface area contributed by atoms with Crippen LogP contribution in [0.1, 0.15) is 0 Å². The second-order valence-electron chi connectivity index (χ2n) is 6.69. The van der Waals surface area contributed by atoms with E-state index in [1.165, 1.54) is 14.2 Å². The SMILES string of the molecule is COc1cc(N)c(N)c(-c2nc(-c3ccc4cn[nH]c4c3)nc3cn[nH]c23)c1OC. The average Bonchev–Trinajstić information content (AvgIpc) is 3.43. The summed E-state index contributed by atoms with van der Waals surface area (Å²) in [5.41, 5.74) is 17.1. The molecule has 0 aliphatic heterocycles. The molecule has 3 aromatic heterocycles. The number of nitrogens with zero attached hydrogens (tertiary/aromatic N) is 4. The summed E-state index contributed by atoms with van der Waals surface area (Å²) in [7, 11) is 3.07. The Bertz CT molecular complexity index is 1410. The Labute approximate surface area is 170 Å². The maximum absolute atomic E-state index is 6.36. The van der Waals surface area contributed by atoms with Crippen LogP contribution < -0.4 is 20.9 Å². The minimum Gasteiger partial charge on any atom is -0.493 e. The topological polar surface area (TPSA) is 154 Å². The molecular weight excluding hydrogens is 384 g/mol. The Kier molecular flexibility index (Phi) is 3.91. The van der Waals surface area contributed by atoms with Gasteiger partial charge >= 0.3 is 0 Å². The lowest BCUT2D eigenvalue weighted by atomic mass is 10.0. The monoisotopic (exact) mass is 402 g/mol. The second kappa shape index (κ2) is 6.62. The van der Waals surface area contributed by atoms with Gasteiger partial charge in [0.05, 0.1) is 49.1 Å². The number of hydrogen-bond acceptors (Lipinski definition) is 8. The first-order valence-corrected chi connectivity index (χ1v) is 9.05. The van der Waals surface area contributed by atoms with Crippen LogP contribution >= 0.6 is 0 Å². The molecule has 2 aromatic carbocycles. The summed E-state index contributed by atoms with van der Waals surface area (Å²) in [6.07, 6.45) is 3.39. The van der Waals surface area contributed by atoms with E-state index in [4.69, 9.17) is 25.9 Å². The van der Waals surface area contributed by atoms with E-state index in [-0.39, 0.29) is 0 Å². The molecule has 6 N–H and O–H groups in total. The summed E-state index contributed by atoms with van der Waals surface area (Å²) in [5, 5.41) is 15.1. The van der Waals surface area contributed by atoms with E-state index >= 15 is 0 Å². The number of rotatable bonds is 4. The van der Waals surface area contributed by atoms with Gasteiger partial charge in [-0.1, -0.05) is 12.1 Å². The van der Waals surface area contributed by atoms with Gasteiger partial charge in [0.25, 0.3) is 0 Å². The molecular formula is C20H18N8O2. The first kappa shape index (κ1) is 17.7. The third-order valence-electron chi connectivity index (χ3n) is 4.98. The third-order valence-corrected chi connectivity index (χ3v) is 4.98. The van der Waals surface area contributed by atoms with Crippen LogP contribution in [0.25, 0.3) is 44.6 Å². The molecule has 0 aliphatic carbocycles. The molecule has 150 valence electrons. The Morgan fingerprint density at radius 2 is 1.77 bits per heavy atom. The van der Waals surface area contributed by atoms with Gasteiger partial charge in [0.15, 0.2) is 17.3 Å². The molecule has 0 bridgehead atoms. The van der Waals surface area contributed by atoms with Crippen LogP contribution in [0, 0.1) is 0 Å². The largest absolute Gasteiger partial charge is 0.493 e. The zero-order valence-corrected chi connectivity index (χ0v) is 16.2. The van der Waals surface area contributed by atoms with Crippen LogP contribution in [0.5, 0.6) is 11.5 Å². The van der Waals surface area contributed by atoms with Crippen molar-refractivity contribution >= 4 is 33.3 Å². The van der Waals surface area contributed by atoms with Crippen LogP contribution in [-0.4, -0.2) is 44.6 Å². The summed E-state index contributed by atoms with van der Waals surface area (Å²) >= 11 is 0. The van der Waals surface area contributed by atoms with Gasteiger partial charge in [-0.25, -0.2) is 9.97 Å². The molecule has 3 heterocycles. The van der Waals surface area contributed by atoms with Crippen molar-refractivity contribution < 1.29 is 9.47 Å². The summed E-state index contributed by atoms with van der Waals surface area (Å²) in [5.74, 6) is 1.37. The molecule has 0 atom stereocenters. The highest BCUT2D eigenvalue weighted by Gasteiger charge is 2.23. The highest BCUT2D eigenvalue weighted by molar-refractivity contribution is 6.00. The molecule has 0 radical (unpaired) electrons. The van der Waals surface area contributed by atoms with Crippen LogP contribution in [0.3, 0.4) is 0 Å². The van der Waals surface area contributed by atoms with E-state index in [0.29, 0.717) is 51.0 Å². The number of nitrogen functional groups attached to an aromatic ring is 2. The zero-order chi connectivity index (χ0) is 20.8. The number of benzene rings is 2. The number of nitrogens with one attached hydrogen (secondary N) is 2. The van der Waals surface area contributed by atoms with Crippen molar-refractivity contribution in [2.24, 2.45) is 0 Å². The zero-order valence-electron chi connectivity index (χ0n) is 16.2. The molecule has 0 spiro atoms. The minimum absolute atomic E-state index is 0.331. The normalized spacial score (nSPS) is 11.3. The first-order valence-electron chi connectivity index (χ1n) is 9.05. The predicted octanol–water partition coefficient (Wildman–Crippen LogP) is 2.74. The first-order chi connectivity index (χ1) is 14.6. The predicted molar refractivity (Wildman–Crippen MR) is 114 cm³/mol. The molecule has 0 saturated heterocycles. The molecule has 30 heavy (non-hydrogen) atoms. The molecule has 10 nitrogen and oxygen atoms in total. The third kappa shape index (κ3) is 2.58. The van der Waals surface area contributed by atoms with Crippen molar-refractivity contribution in [1.82, 2.24) is 30.4 Å². The summed E-state index contributed by atoms with van der Waals surface area (Å²) in [6, 6.07) is 7.45. The molecule has 5 aromatic rings. The quantitative estimate of drug-likeness (QED) is 0.335. The van der Waals surface area contributed by atoms with Crippen molar-refractivity contribution in [3.63, 3.8) is 0 Å². The van der Waals surface area contributed by atoms with E-state index in [9.17, 15) is 0 Å². The van der Waals surface area contributed by atoms with Crippen LogP contribution in [-0.2, 0) is 0 Å². The van der Waals surface area contributed by atoms with Crippen LogP contribution in [0.2, 0.25) is 0 Å². The van der Waals surface area contributed by atoms with Gasteiger partial charge in [0.2, 0.25) is 0 Å². The molecule has 5 rings (SSSR count). The van der Waals surface area contributed by atoms with Crippen molar-refractivity contribution in [2.45, 2.75) is 0 Å². The second-order valence-corrected chi connectivity index (χ2v) is 6.69. The highest BCUT2D eigenvalue weighted by Crippen LogP contribution is 2.46. The van der Waals surface area contributed by atoms with Gasteiger partial charge in [-0.2, -0.15) is 10.2 Å². The lowest BCUT2D eigenvalue weighted by Crippen LogP contribution is -2.04. The number of aromatic nitrogens is 6. The summed E-state index contributed by atoms with van der Waals surface area (Å²) < 4.78 is 11.0. The molecule has 0 unspecified atom stereocenters. The molecule has 0 aliphatic rings. The van der Waals surface area contributed by atoms with Gasteiger partial charge in [0, 0.05) is 17.0 Å². The van der Waals surface area contributed by atoms with E-state index in [2.05, 4.69) is 25.4 Å². The lowest BCUT2D eigenvalue weighted by Gasteiger charge is -2.17. The smallest absolute Gasteiger partial charge is 0.172 e. The van der Waals surface area contributed by atoms with Gasteiger partial charge in [0.1, 0.15) is 16.7 Å². The van der Waals surface area contributed by atoms with Gasteiger partial charge in [-0.15, -0.1) is 0 Å². The number of anilines is 2. The van der Waals surface area contributed by atoms with E-state index in [1.807, 2.05) is 18.2 Å². The van der Waals surface area contributed by atoms with Gasteiger partial charge < -0.3 is 20.9 Å². The fourth-order valence-electron chi connectivity index (χ4n) is 3.49. The minimum atomic E-state index is 0.331. The van der Waals surface area contributed by atoms with Crippen molar-refractivity contribution in [1.29, 1.82) is 0 Å². The Morgan fingerprint density at radius 3 is 2.57 bits per heavy atom. The number of aromatic amines is 2. The standard InChI is InChI=1S/C20H18N8O2/c1-29-14-6-11(21)16(22)15(19(14)30-2)18-17-13(8-24-28-17)25-20(26-18)9-3-4-10-7-23-27-12(10)5-9/h3-8H,21-22H2,1-2H3,(H,23,27)(H,24,28). The van der Waals surface area contributed by atoms with E-state index < -0.39 is 0 Å². The fourth-order valence-corrected chi connectivity index (χ4v) is 3.49. The Hall–Kier alpha value is -4.34. The molecule has 10 heteroatoms. The van der Waals surface area contributed by atoms with Crippen LogP contribution in [0.15, 0.2) is 36.7 Å². The number of ether oxygens (including phenoxy) is 2. The lowest BCUT2D eigenvalue weighted by molar-refractivity contribution is 0.356. The Balaban J connectivity index is 1.82. The number of nitrogens with two attached hydrogens (primary N) is 2. The van der Waals surface area contributed by atoms with Crippen molar-refractivity contribution in [2.75, 3.05) is 25.7 Å². The fraction of sp³-hybridized carbons (Fsp3) is 0.100. The Morgan fingerprint density at radius 1 is 0.933 bits per heavy atom. The van der Waals surface area contributed by atoms with E-state index in [0.717, 1.165) is 16.5 Å². The van der Waals surface area contributed by atoms with Gasteiger partial charge in [-0.05, 0) is 6.07 Å². The highest BCUT2D eigenvalue weighted by atomic mass is 16.5. The van der Waals surface area contributed by atoms with Crippen molar-refractivity contribution in [3.05, 3.63) is 36.7 Å². The molecule has 0 fully saturated rings. The number of methoxy groups -OCH3 is 2. The molecule has 0 amide bonds. The molecule has 0 saturated carbocycles. The summed E-state index contributed by atoms with van der Waals surface area (Å²) in [4.78, 5) is 9.45. The number of H-pyrrole nitrogens is 2.